The Morgan fingerprint density at radius 1 is 1.27 bits per heavy atom. The monoisotopic (exact) mass is 313 g/mol. The molecule has 2 fully saturated rings. The van der Waals surface area contributed by atoms with Gasteiger partial charge in [0.15, 0.2) is 0 Å². The maximum atomic E-state index is 12.4. The highest BCUT2D eigenvalue weighted by molar-refractivity contribution is 5.85. The molecule has 0 aromatic carbocycles. The van der Waals surface area contributed by atoms with E-state index in [-0.39, 0.29) is 18.0 Å². The number of carbonyl (C=O) groups excluding carboxylic acids is 2. The van der Waals surface area contributed by atoms with E-state index in [1.807, 2.05) is 13.8 Å². The average Bonchev–Trinajstić information content (AvgIpc) is 2.77. The van der Waals surface area contributed by atoms with Crippen LogP contribution in [0.3, 0.4) is 0 Å². The summed E-state index contributed by atoms with van der Waals surface area (Å²) in [5.41, 5.74) is 0. The van der Waals surface area contributed by atoms with Gasteiger partial charge >= 0.3 is 12.0 Å². The second-order valence-corrected chi connectivity index (χ2v) is 5.72. The topological polar surface area (TPSA) is 62.3 Å². The minimum absolute atomic E-state index is 0.0573. The number of amides is 2. The summed E-state index contributed by atoms with van der Waals surface area (Å²) in [6, 6.07) is -0.647. The van der Waals surface area contributed by atoms with Crippen molar-refractivity contribution >= 4 is 12.0 Å². The highest BCUT2D eigenvalue weighted by Crippen LogP contribution is 2.30. The van der Waals surface area contributed by atoms with E-state index >= 15 is 0 Å². The predicted octanol–water partition coefficient (Wildman–Crippen LogP) is 1.79. The molecule has 7 nitrogen and oxygen atoms in total. The third kappa shape index (κ3) is 3.52. The Hall–Kier alpha value is -1.34. The zero-order chi connectivity index (χ0) is 16.1. The molecule has 0 N–H and O–H groups in total. The lowest BCUT2D eigenvalue weighted by Gasteiger charge is -2.30. The molecule has 1 unspecified atom stereocenters. The number of hydroxylamine groups is 4. The van der Waals surface area contributed by atoms with Crippen LogP contribution >= 0.6 is 0 Å². The van der Waals surface area contributed by atoms with Crippen LogP contribution in [-0.4, -0.2) is 65.4 Å². The Morgan fingerprint density at radius 3 is 2.64 bits per heavy atom. The van der Waals surface area contributed by atoms with Crippen molar-refractivity contribution in [2.75, 3.05) is 26.2 Å². The molecule has 2 aliphatic rings. The Morgan fingerprint density at radius 2 is 2.00 bits per heavy atom. The quantitative estimate of drug-likeness (QED) is 0.505. The summed E-state index contributed by atoms with van der Waals surface area (Å²) in [7, 11) is 0. The molecule has 126 valence electrons. The van der Waals surface area contributed by atoms with Crippen LogP contribution in [0, 0.1) is 0 Å². The Kier molecular flexibility index (Phi) is 6.02. The second kappa shape index (κ2) is 7.78. The molecule has 2 saturated heterocycles. The van der Waals surface area contributed by atoms with E-state index < -0.39 is 6.04 Å². The number of nitrogens with zero attached hydrogens (tertiary/aromatic N) is 3. The van der Waals surface area contributed by atoms with E-state index in [1.165, 1.54) is 5.06 Å². The third-order valence-electron chi connectivity index (χ3n) is 4.25. The van der Waals surface area contributed by atoms with Gasteiger partial charge in [0.05, 0.1) is 12.6 Å². The smallest absolute Gasteiger partial charge is 0.347 e. The highest BCUT2D eigenvalue weighted by Gasteiger charge is 2.48. The first-order valence-corrected chi connectivity index (χ1v) is 8.31. The lowest BCUT2D eigenvalue weighted by molar-refractivity contribution is -0.194. The zero-order valence-corrected chi connectivity index (χ0v) is 13.8. The molecule has 0 spiro atoms. The van der Waals surface area contributed by atoms with Crippen LogP contribution in [0.5, 0.6) is 0 Å². The van der Waals surface area contributed by atoms with Crippen molar-refractivity contribution in [1.29, 1.82) is 0 Å². The maximum Gasteiger partial charge on any atom is 0.347 e. The number of urea groups is 1. The lowest BCUT2D eigenvalue weighted by Crippen LogP contribution is -2.47. The number of rotatable bonds is 8. The normalized spacial score (nSPS) is 24.3. The van der Waals surface area contributed by atoms with Gasteiger partial charge in [-0.25, -0.2) is 9.59 Å². The number of unbranched alkanes of at least 4 members (excludes halogenated alkanes) is 1. The molecule has 2 rings (SSSR count). The van der Waals surface area contributed by atoms with Crippen LogP contribution in [0.15, 0.2) is 0 Å². The van der Waals surface area contributed by atoms with Crippen molar-refractivity contribution in [3.05, 3.63) is 0 Å². The van der Waals surface area contributed by atoms with Crippen LogP contribution < -0.4 is 0 Å². The molecule has 0 radical (unpaired) electrons. The van der Waals surface area contributed by atoms with E-state index in [4.69, 9.17) is 9.68 Å². The van der Waals surface area contributed by atoms with Crippen LogP contribution in [0.4, 0.5) is 4.79 Å². The van der Waals surface area contributed by atoms with Crippen molar-refractivity contribution < 1.29 is 19.3 Å². The molecule has 0 aliphatic carbocycles. The van der Waals surface area contributed by atoms with Crippen LogP contribution in [-0.2, 0) is 14.5 Å². The van der Waals surface area contributed by atoms with Gasteiger partial charge in [-0.15, -0.1) is 5.06 Å². The van der Waals surface area contributed by atoms with E-state index in [2.05, 4.69) is 6.92 Å². The standard InChI is InChI=1S/C15H27N3O4/c1-4-7-10-21-18-12-8-9-13(17(11-12)15(18)20)14(19)22-16(5-2)6-3/h12-13H,4-11H2,1-3H3/t12?,13-/m0/s1. The summed E-state index contributed by atoms with van der Waals surface area (Å²) in [5.74, 6) is -0.342. The summed E-state index contributed by atoms with van der Waals surface area (Å²) >= 11 is 0. The molecule has 0 aromatic rings. The molecule has 22 heavy (non-hydrogen) atoms. The highest BCUT2D eigenvalue weighted by atomic mass is 16.7. The fraction of sp³-hybridized carbons (Fsp3) is 0.867. The number of carbonyl (C=O) groups is 2. The van der Waals surface area contributed by atoms with Gasteiger partial charge in [-0.3, -0.25) is 4.84 Å². The molecular formula is C15H27N3O4. The van der Waals surface area contributed by atoms with Crippen molar-refractivity contribution in [3.8, 4) is 0 Å². The fourth-order valence-electron chi connectivity index (χ4n) is 2.89. The molecular weight excluding hydrogens is 286 g/mol. The van der Waals surface area contributed by atoms with Crippen molar-refractivity contribution in [2.24, 2.45) is 0 Å². The maximum absolute atomic E-state index is 12.4. The van der Waals surface area contributed by atoms with Gasteiger partial charge in [0.25, 0.3) is 0 Å². The summed E-state index contributed by atoms with van der Waals surface area (Å²) in [4.78, 5) is 37.3. The largest absolute Gasteiger partial charge is 0.366 e. The van der Waals surface area contributed by atoms with Gasteiger partial charge in [0.1, 0.15) is 6.04 Å². The molecule has 2 bridgehead atoms. The van der Waals surface area contributed by atoms with Gasteiger partial charge in [-0.1, -0.05) is 13.3 Å². The minimum Gasteiger partial charge on any atom is -0.366 e. The fourth-order valence-corrected chi connectivity index (χ4v) is 2.89. The van der Waals surface area contributed by atoms with Gasteiger partial charge in [-0.05, 0) is 33.1 Å². The molecule has 2 aliphatic heterocycles. The van der Waals surface area contributed by atoms with Crippen molar-refractivity contribution in [2.45, 2.75) is 58.5 Å². The number of hydrogen-bond acceptors (Lipinski definition) is 5. The van der Waals surface area contributed by atoms with E-state index in [9.17, 15) is 9.59 Å². The molecule has 2 atom stereocenters. The minimum atomic E-state index is -0.496. The zero-order valence-electron chi connectivity index (χ0n) is 13.8. The van der Waals surface area contributed by atoms with Crippen LogP contribution in [0.25, 0.3) is 0 Å². The Balaban J connectivity index is 1.95. The summed E-state index contributed by atoms with van der Waals surface area (Å²) in [5, 5.41) is 3.06. The predicted molar refractivity (Wildman–Crippen MR) is 80.6 cm³/mol. The van der Waals surface area contributed by atoms with Crippen LogP contribution in [0.1, 0.15) is 46.5 Å². The Bertz CT molecular complexity index is 400. The summed E-state index contributed by atoms with van der Waals surface area (Å²) < 4.78 is 0. The average molecular weight is 313 g/mol. The first-order valence-electron chi connectivity index (χ1n) is 8.31. The molecule has 7 heteroatoms. The van der Waals surface area contributed by atoms with Crippen LogP contribution in [0.2, 0.25) is 0 Å². The summed E-state index contributed by atoms with van der Waals surface area (Å²) in [6.07, 6.45) is 3.34. The third-order valence-corrected chi connectivity index (χ3v) is 4.25. The second-order valence-electron chi connectivity index (χ2n) is 5.72. The molecule has 0 aromatic heterocycles. The summed E-state index contributed by atoms with van der Waals surface area (Å²) in [6.45, 7) is 8.30. The first-order chi connectivity index (χ1) is 10.6. The number of hydrogen-bond donors (Lipinski definition) is 0. The first kappa shape index (κ1) is 17.0. The molecule has 2 amide bonds. The van der Waals surface area contributed by atoms with E-state index in [0.717, 1.165) is 19.3 Å². The van der Waals surface area contributed by atoms with Gasteiger partial charge < -0.3 is 9.74 Å². The van der Waals surface area contributed by atoms with Crippen molar-refractivity contribution in [3.63, 3.8) is 0 Å². The number of fused-ring (bicyclic) bond motifs is 2. The van der Waals surface area contributed by atoms with E-state index in [0.29, 0.717) is 32.7 Å². The lowest BCUT2D eigenvalue weighted by atomic mass is 10.0. The Labute approximate surface area is 132 Å². The van der Waals surface area contributed by atoms with Gasteiger partial charge in [0, 0.05) is 19.6 Å². The van der Waals surface area contributed by atoms with Gasteiger partial charge in [-0.2, -0.15) is 5.06 Å². The molecule has 0 saturated carbocycles. The van der Waals surface area contributed by atoms with Crippen molar-refractivity contribution in [1.82, 2.24) is 15.0 Å². The number of piperidine rings is 1. The van der Waals surface area contributed by atoms with E-state index in [1.54, 1.807) is 9.96 Å². The molecule has 2 heterocycles. The SMILES string of the molecule is CCCCON1C(=O)N2CC1CC[C@H]2C(=O)ON(CC)CC. The van der Waals surface area contributed by atoms with Gasteiger partial charge in [0.2, 0.25) is 0 Å².